The van der Waals surface area contributed by atoms with E-state index in [1.807, 2.05) is 13.8 Å². The minimum atomic E-state index is -0.105. The molecule has 37 heavy (non-hydrogen) atoms. The molecule has 0 atom stereocenters. The molecule has 220 valence electrons. The van der Waals surface area contributed by atoms with Crippen molar-refractivity contribution < 1.29 is 28.7 Å². The summed E-state index contributed by atoms with van der Waals surface area (Å²) < 4.78 is 10.7. The summed E-state index contributed by atoms with van der Waals surface area (Å²) in [6.45, 7) is 20.5. The van der Waals surface area contributed by atoms with Crippen molar-refractivity contribution >= 4 is 23.3 Å². The fraction of sp³-hybridized carbons (Fsp3) is 0.867. The lowest BCUT2D eigenvalue weighted by atomic mass is 10.0. The van der Waals surface area contributed by atoms with E-state index in [1.54, 1.807) is 13.8 Å². The van der Waals surface area contributed by atoms with Gasteiger partial charge in [-0.3, -0.25) is 4.79 Å². The standard InChI is InChI=1S/C14H27NO4.C10H20O.C6H12O/c1-12(2)6-8-18-10-11-19-9-7-15-14(17)5-4-13(3)16;1-9(2)7-5-4-6-8-10(3)11;1-5(2)4-6(3)7/h12H,4-11H2,1-3H3,(H,15,17);9H,4-8H2,1-3H3;5H,4H2,1-3H3. The molecule has 0 aliphatic carbocycles. The first kappa shape index (κ1) is 39.9. The van der Waals surface area contributed by atoms with Crippen molar-refractivity contribution in [3.05, 3.63) is 0 Å². The lowest BCUT2D eigenvalue weighted by Crippen LogP contribution is -2.27. The van der Waals surface area contributed by atoms with E-state index >= 15 is 0 Å². The summed E-state index contributed by atoms with van der Waals surface area (Å²) >= 11 is 0. The number of carbonyl (C=O) groups excluding carboxylic acids is 4. The summed E-state index contributed by atoms with van der Waals surface area (Å²) in [6.07, 6.45) is 8.01. The van der Waals surface area contributed by atoms with Crippen LogP contribution in [0.1, 0.15) is 120 Å². The zero-order valence-electron chi connectivity index (χ0n) is 25.6. The van der Waals surface area contributed by atoms with Gasteiger partial charge in [0.05, 0.1) is 19.8 Å². The molecule has 0 aliphatic heterocycles. The maximum Gasteiger partial charge on any atom is 0.220 e. The quantitative estimate of drug-likeness (QED) is 0.184. The van der Waals surface area contributed by atoms with Crippen molar-refractivity contribution in [3.8, 4) is 0 Å². The van der Waals surface area contributed by atoms with Gasteiger partial charge in [0.25, 0.3) is 0 Å². The maximum absolute atomic E-state index is 11.2. The van der Waals surface area contributed by atoms with Crippen molar-refractivity contribution in [1.82, 2.24) is 5.32 Å². The van der Waals surface area contributed by atoms with E-state index < -0.39 is 0 Å². The number of carbonyl (C=O) groups is 4. The molecule has 0 spiro atoms. The Labute approximate surface area is 228 Å². The molecule has 0 unspecified atom stereocenters. The Hall–Kier alpha value is -1.60. The highest BCUT2D eigenvalue weighted by Crippen LogP contribution is 2.09. The first-order valence-corrected chi connectivity index (χ1v) is 14.2. The molecule has 0 aromatic heterocycles. The highest BCUT2D eigenvalue weighted by molar-refractivity contribution is 5.83. The Balaban J connectivity index is -0.000000539. The van der Waals surface area contributed by atoms with Gasteiger partial charge >= 0.3 is 0 Å². The van der Waals surface area contributed by atoms with Gasteiger partial charge in [-0.05, 0) is 51.4 Å². The van der Waals surface area contributed by atoms with Crippen LogP contribution in [-0.2, 0) is 28.7 Å². The second-order valence-electron chi connectivity index (χ2n) is 11.0. The summed E-state index contributed by atoms with van der Waals surface area (Å²) in [7, 11) is 0. The van der Waals surface area contributed by atoms with Crippen molar-refractivity contribution in [2.24, 2.45) is 17.8 Å². The molecule has 0 saturated carbocycles. The van der Waals surface area contributed by atoms with Gasteiger partial charge in [-0.15, -0.1) is 0 Å². The SMILES string of the molecule is CC(=O)CC(C)C.CC(=O)CCC(=O)NCCOCCOCCC(C)C.CC(=O)CCCCCC(C)C. The molecular formula is C30H59NO6. The Bertz CT molecular complexity index is 572. The fourth-order valence-electron chi connectivity index (χ4n) is 2.96. The number of ether oxygens (including phenoxy) is 2. The molecule has 1 amide bonds. The molecule has 1 N–H and O–H groups in total. The lowest BCUT2D eigenvalue weighted by Gasteiger charge is -2.08. The zero-order chi connectivity index (χ0) is 29.1. The van der Waals surface area contributed by atoms with Crippen molar-refractivity contribution in [2.75, 3.05) is 33.0 Å². The van der Waals surface area contributed by atoms with E-state index in [1.165, 1.54) is 26.2 Å². The summed E-state index contributed by atoms with van der Waals surface area (Å²) in [6, 6.07) is 0. The third-order valence-electron chi connectivity index (χ3n) is 4.99. The van der Waals surface area contributed by atoms with Crippen LogP contribution >= 0.6 is 0 Å². The average Bonchev–Trinajstić information content (AvgIpc) is 2.75. The Kier molecular flexibility index (Phi) is 31.2. The number of Topliss-reactive ketones (excluding diaryl/α,β-unsaturated/α-hetero) is 3. The van der Waals surface area contributed by atoms with Crippen LogP contribution < -0.4 is 5.32 Å². The maximum atomic E-state index is 11.2. The van der Waals surface area contributed by atoms with Gasteiger partial charge in [0.2, 0.25) is 5.91 Å². The van der Waals surface area contributed by atoms with E-state index in [9.17, 15) is 19.2 Å². The van der Waals surface area contributed by atoms with Crippen LogP contribution in [0.2, 0.25) is 0 Å². The largest absolute Gasteiger partial charge is 0.379 e. The molecule has 0 saturated heterocycles. The van der Waals surface area contributed by atoms with E-state index in [0.29, 0.717) is 50.4 Å². The van der Waals surface area contributed by atoms with E-state index in [2.05, 4.69) is 33.0 Å². The van der Waals surface area contributed by atoms with Crippen LogP contribution in [0.4, 0.5) is 0 Å². The monoisotopic (exact) mass is 529 g/mol. The van der Waals surface area contributed by atoms with E-state index in [0.717, 1.165) is 38.2 Å². The normalized spacial score (nSPS) is 10.5. The number of amides is 1. The minimum Gasteiger partial charge on any atom is -0.379 e. The number of rotatable bonds is 20. The molecule has 0 radical (unpaired) electrons. The molecule has 0 bridgehead atoms. The lowest BCUT2D eigenvalue weighted by molar-refractivity contribution is -0.124. The predicted molar refractivity (Wildman–Crippen MR) is 153 cm³/mol. The van der Waals surface area contributed by atoms with Crippen molar-refractivity contribution in [3.63, 3.8) is 0 Å². The smallest absolute Gasteiger partial charge is 0.220 e. The average molecular weight is 530 g/mol. The van der Waals surface area contributed by atoms with E-state index in [-0.39, 0.29) is 23.9 Å². The highest BCUT2D eigenvalue weighted by atomic mass is 16.5. The number of hydrogen-bond acceptors (Lipinski definition) is 6. The van der Waals surface area contributed by atoms with Crippen molar-refractivity contribution in [2.45, 2.75) is 120 Å². The van der Waals surface area contributed by atoms with Gasteiger partial charge in [0, 0.05) is 38.8 Å². The Morgan fingerprint density at radius 3 is 1.54 bits per heavy atom. The van der Waals surface area contributed by atoms with Crippen LogP contribution in [0.25, 0.3) is 0 Å². The van der Waals surface area contributed by atoms with Gasteiger partial charge < -0.3 is 29.2 Å². The highest BCUT2D eigenvalue weighted by Gasteiger charge is 2.02. The molecule has 0 fully saturated rings. The van der Waals surface area contributed by atoms with Crippen LogP contribution in [0.3, 0.4) is 0 Å². The molecule has 0 aliphatic rings. The summed E-state index contributed by atoms with van der Waals surface area (Å²) in [5.41, 5.74) is 0. The second kappa shape index (κ2) is 29.0. The van der Waals surface area contributed by atoms with Crippen molar-refractivity contribution in [1.29, 1.82) is 0 Å². The second-order valence-corrected chi connectivity index (χ2v) is 11.0. The third-order valence-corrected chi connectivity index (χ3v) is 4.99. The molecule has 7 nitrogen and oxygen atoms in total. The predicted octanol–water partition coefficient (Wildman–Crippen LogP) is 6.35. The first-order valence-electron chi connectivity index (χ1n) is 14.2. The molecule has 0 aromatic carbocycles. The number of nitrogens with one attached hydrogen (secondary N) is 1. The molecule has 0 aromatic rings. The van der Waals surface area contributed by atoms with Crippen LogP contribution in [0.15, 0.2) is 0 Å². The Morgan fingerprint density at radius 1 is 0.568 bits per heavy atom. The molecular weight excluding hydrogens is 470 g/mol. The Morgan fingerprint density at radius 2 is 1.11 bits per heavy atom. The van der Waals surface area contributed by atoms with Gasteiger partial charge in [0.15, 0.2) is 0 Å². The number of ketones is 3. The summed E-state index contributed by atoms with van der Waals surface area (Å²) in [5.74, 6) is 2.54. The zero-order valence-corrected chi connectivity index (χ0v) is 25.6. The molecule has 0 heterocycles. The van der Waals surface area contributed by atoms with Gasteiger partial charge in [-0.1, -0.05) is 60.8 Å². The van der Waals surface area contributed by atoms with Crippen LogP contribution in [-0.4, -0.2) is 56.2 Å². The minimum absolute atomic E-state index is 0.0324. The van der Waals surface area contributed by atoms with Crippen LogP contribution in [0, 0.1) is 17.8 Å². The molecule has 7 heteroatoms. The van der Waals surface area contributed by atoms with Crippen LogP contribution in [0.5, 0.6) is 0 Å². The number of unbranched alkanes of at least 4 members (excludes halogenated alkanes) is 2. The number of hydrogen-bond donors (Lipinski definition) is 1. The third kappa shape index (κ3) is 48.1. The summed E-state index contributed by atoms with van der Waals surface area (Å²) in [5, 5.41) is 2.70. The molecule has 0 rings (SSSR count). The van der Waals surface area contributed by atoms with E-state index in [4.69, 9.17) is 9.47 Å². The summed E-state index contributed by atoms with van der Waals surface area (Å²) in [4.78, 5) is 42.7. The first-order chi connectivity index (χ1) is 17.3. The fourth-order valence-corrected chi connectivity index (χ4v) is 2.96. The van der Waals surface area contributed by atoms with Gasteiger partial charge in [-0.2, -0.15) is 0 Å². The topological polar surface area (TPSA) is 98.8 Å². The van der Waals surface area contributed by atoms with Gasteiger partial charge in [-0.25, -0.2) is 0 Å². The van der Waals surface area contributed by atoms with Gasteiger partial charge in [0.1, 0.15) is 17.3 Å².